The summed E-state index contributed by atoms with van der Waals surface area (Å²) >= 11 is 0. The minimum Gasteiger partial charge on any atom is -0.465 e. The number of amidine groups is 1. The molecule has 2 aromatic carbocycles. The van der Waals surface area contributed by atoms with Gasteiger partial charge < -0.3 is 19.8 Å². The molecule has 2 fully saturated rings. The van der Waals surface area contributed by atoms with E-state index in [1.807, 2.05) is 37.3 Å². The Bertz CT molecular complexity index is 997. The fraction of sp³-hybridized carbons (Fsp3) is 0.481. The summed E-state index contributed by atoms with van der Waals surface area (Å²) in [5.74, 6) is 0.658. The van der Waals surface area contributed by atoms with Gasteiger partial charge in [-0.1, -0.05) is 35.5 Å². The van der Waals surface area contributed by atoms with Gasteiger partial charge in [-0.05, 0) is 44.0 Å². The highest BCUT2D eigenvalue weighted by Gasteiger charge is 2.28. The summed E-state index contributed by atoms with van der Waals surface area (Å²) in [5, 5.41) is 7.62. The first-order valence-electron chi connectivity index (χ1n) is 12.7. The predicted octanol–water partition coefficient (Wildman–Crippen LogP) is 2.82. The molecule has 1 atom stereocenters. The standard InChI is InChI=1S/C27H35N5O3/c1-2-34-25(33)20-30-16-18-32(19-17-30)24-12-14-31(15-13-24)23-10-8-21(9-11-23)26-28-27(35-29-26)22-6-4-3-5-7-22/h3-11,24,27H,2,12-20H2,1H3,(H,28,29). The molecule has 3 aliphatic rings. The molecule has 2 saturated heterocycles. The van der Waals surface area contributed by atoms with E-state index in [0.717, 1.165) is 56.2 Å². The predicted molar refractivity (Wildman–Crippen MR) is 136 cm³/mol. The van der Waals surface area contributed by atoms with Crippen LogP contribution in [0.15, 0.2) is 59.8 Å². The van der Waals surface area contributed by atoms with Crippen LogP contribution in [0.2, 0.25) is 0 Å². The van der Waals surface area contributed by atoms with Gasteiger partial charge in [0.1, 0.15) is 0 Å². The zero-order valence-electron chi connectivity index (χ0n) is 20.4. The number of nitrogens with one attached hydrogen (secondary N) is 1. The molecule has 3 aliphatic heterocycles. The zero-order valence-corrected chi connectivity index (χ0v) is 20.4. The van der Waals surface area contributed by atoms with Crippen molar-refractivity contribution in [2.24, 2.45) is 5.16 Å². The minimum atomic E-state index is -0.239. The van der Waals surface area contributed by atoms with Gasteiger partial charge in [-0.25, -0.2) is 0 Å². The molecular weight excluding hydrogens is 442 g/mol. The Labute approximate surface area is 207 Å². The number of carbonyl (C=O) groups excluding carboxylic acids is 1. The third-order valence-electron chi connectivity index (χ3n) is 7.17. The Hall–Kier alpha value is -3.10. The third kappa shape index (κ3) is 5.77. The first-order valence-corrected chi connectivity index (χ1v) is 12.7. The van der Waals surface area contributed by atoms with E-state index in [0.29, 0.717) is 19.2 Å². The molecule has 0 spiro atoms. The molecule has 186 valence electrons. The second-order valence-corrected chi connectivity index (χ2v) is 9.36. The van der Waals surface area contributed by atoms with Crippen LogP contribution in [0.3, 0.4) is 0 Å². The van der Waals surface area contributed by atoms with Crippen molar-refractivity contribution < 1.29 is 14.4 Å². The van der Waals surface area contributed by atoms with Crippen molar-refractivity contribution in [3.8, 4) is 0 Å². The van der Waals surface area contributed by atoms with E-state index in [4.69, 9.17) is 9.57 Å². The lowest BCUT2D eigenvalue weighted by Gasteiger charge is -2.43. The fourth-order valence-electron chi connectivity index (χ4n) is 5.19. The number of hydrogen-bond donors (Lipinski definition) is 1. The third-order valence-corrected chi connectivity index (χ3v) is 7.17. The Balaban J connectivity index is 1.08. The lowest BCUT2D eigenvalue weighted by molar-refractivity contribution is -0.144. The SMILES string of the molecule is CCOC(=O)CN1CCN(C2CCN(c3ccc(C4=NOC(c5ccccc5)N4)cc3)CC2)CC1. The highest BCUT2D eigenvalue weighted by atomic mass is 16.7. The van der Waals surface area contributed by atoms with Gasteiger partial charge in [-0.3, -0.25) is 14.6 Å². The largest absolute Gasteiger partial charge is 0.465 e. The zero-order chi connectivity index (χ0) is 24.0. The summed E-state index contributed by atoms with van der Waals surface area (Å²) < 4.78 is 5.08. The van der Waals surface area contributed by atoms with Crippen molar-refractivity contribution in [1.29, 1.82) is 0 Å². The van der Waals surface area contributed by atoms with Crippen LogP contribution in [0.5, 0.6) is 0 Å². The van der Waals surface area contributed by atoms with Crippen LogP contribution in [0.1, 0.15) is 37.1 Å². The molecule has 0 radical (unpaired) electrons. The maximum absolute atomic E-state index is 11.7. The second-order valence-electron chi connectivity index (χ2n) is 9.36. The van der Waals surface area contributed by atoms with Crippen molar-refractivity contribution in [1.82, 2.24) is 15.1 Å². The number of ether oxygens (including phenoxy) is 1. The number of oxime groups is 1. The molecule has 0 saturated carbocycles. The molecule has 1 unspecified atom stereocenters. The average Bonchev–Trinajstić information content (AvgIpc) is 3.41. The Morgan fingerprint density at radius 2 is 1.71 bits per heavy atom. The van der Waals surface area contributed by atoms with Crippen LogP contribution in [0, 0.1) is 0 Å². The van der Waals surface area contributed by atoms with Gasteiger partial charge in [0, 0.05) is 62.1 Å². The second kappa shape index (κ2) is 11.1. The van der Waals surface area contributed by atoms with E-state index in [-0.39, 0.29) is 12.2 Å². The highest BCUT2D eigenvalue weighted by molar-refractivity contribution is 5.99. The molecule has 2 aromatic rings. The molecule has 8 heteroatoms. The monoisotopic (exact) mass is 477 g/mol. The van der Waals surface area contributed by atoms with E-state index >= 15 is 0 Å². The lowest BCUT2D eigenvalue weighted by Crippen LogP contribution is -2.54. The first kappa shape index (κ1) is 23.6. The smallest absolute Gasteiger partial charge is 0.320 e. The van der Waals surface area contributed by atoms with E-state index in [9.17, 15) is 4.79 Å². The number of carbonyl (C=O) groups is 1. The number of anilines is 1. The van der Waals surface area contributed by atoms with Crippen LogP contribution < -0.4 is 10.2 Å². The van der Waals surface area contributed by atoms with Crippen molar-refractivity contribution in [2.45, 2.75) is 32.0 Å². The van der Waals surface area contributed by atoms with Gasteiger partial charge in [0.15, 0.2) is 5.84 Å². The molecule has 0 amide bonds. The fourth-order valence-corrected chi connectivity index (χ4v) is 5.19. The number of benzene rings is 2. The molecule has 1 N–H and O–H groups in total. The van der Waals surface area contributed by atoms with E-state index in [1.54, 1.807) is 0 Å². The van der Waals surface area contributed by atoms with Gasteiger partial charge in [-0.2, -0.15) is 0 Å². The molecular formula is C27H35N5O3. The molecule has 5 rings (SSSR count). The number of hydrogen-bond acceptors (Lipinski definition) is 8. The number of piperidine rings is 1. The lowest BCUT2D eigenvalue weighted by atomic mass is 10.0. The van der Waals surface area contributed by atoms with Crippen LogP contribution in [-0.2, 0) is 14.4 Å². The van der Waals surface area contributed by atoms with Gasteiger partial charge in [0.2, 0.25) is 6.23 Å². The normalized spacial score (nSPS) is 21.8. The number of rotatable bonds is 7. The Morgan fingerprint density at radius 1 is 1.00 bits per heavy atom. The summed E-state index contributed by atoms with van der Waals surface area (Å²) in [6.07, 6.45) is 2.10. The van der Waals surface area contributed by atoms with Gasteiger partial charge in [0.25, 0.3) is 0 Å². The van der Waals surface area contributed by atoms with Gasteiger partial charge >= 0.3 is 5.97 Å². The average molecular weight is 478 g/mol. The summed E-state index contributed by atoms with van der Waals surface area (Å²) in [4.78, 5) is 24.6. The molecule has 0 aliphatic carbocycles. The highest BCUT2D eigenvalue weighted by Crippen LogP contribution is 2.25. The summed E-state index contributed by atoms with van der Waals surface area (Å²) in [5.41, 5.74) is 3.35. The van der Waals surface area contributed by atoms with Crippen LogP contribution in [0.25, 0.3) is 0 Å². The summed E-state index contributed by atoms with van der Waals surface area (Å²) in [6.45, 7) is 8.78. The van der Waals surface area contributed by atoms with Crippen LogP contribution in [-0.4, -0.2) is 80.1 Å². The molecule has 0 aromatic heterocycles. The maximum Gasteiger partial charge on any atom is 0.320 e. The minimum absolute atomic E-state index is 0.111. The molecule has 0 bridgehead atoms. The number of nitrogens with zero attached hydrogens (tertiary/aromatic N) is 4. The summed E-state index contributed by atoms with van der Waals surface area (Å²) in [7, 11) is 0. The van der Waals surface area contributed by atoms with Gasteiger partial charge in [0.05, 0.1) is 13.2 Å². The number of piperazine rings is 1. The van der Waals surface area contributed by atoms with E-state index < -0.39 is 0 Å². The summed E-state index contributed by atoms with van der Waals surface area (Å²) in [6, 6.07) is 19.3. The van der Waals surface area contributed by atoms with Gasteiger partial charge in [-0.15, -0.1) is 0 Å². The molecule has 35 heavy (non-hydrogen) atoms. The first-order chi connectivity index (χ1) is 17.2. The number of esters is 1. The Morgan fingerprint density at radius 3 is 2.40 bits per heavy atom. The van der Waals surface area contributed by atoms with Crippen molar-refractivity contribution in [3.63, 3.8) is 0 Å². The van der Waals surface area contributed by atoms with Crippen LogP contribution in [0.4, 0.5) is 5.69 Å². The molecule has 3 heterocycles. The topological polar surface area (TPSA) is 69.6 Å². The quantitative estimate of drug-likeness (QED) is 0.615. The van der Waals surface area contributed by atoms with Crippen LogP contribution >= 0.6 is 0 Å². The van der Waals surface area contributed by atoms with E-state index in [1.165, 1.54) is 18.5 Å². The van der Waals surface area contributed by atoms with Crippen molar-refractivity contribution in [3.05, 3.63) is 65.7 Å². The van der Waals surface area contributed by atoms with Crippen molar-refractivity contribution >= 4 is 17.5 Å². The maximum atomic E-state index is 11.7. The van der Waals surface area contributed by atoms with E-state index in [2.05, 4.69) is 49.4 Å². The molecule has 8 nitrogen and oxygen atoms in total. The Kier molecular flexibility index (Phi) is 7.49. The van der Waals surface area contributed by atoms with Crippen molar-refractivity contribution in [2.75, 3.05) is 57.3 Å².